The van der Waals surface area contributed by atoms with Crippen LogP contribution in [-0.4, -0.2) is 9.90 Å². The standard InChI is InChI=1S/C8H6Br2Cl2N2/c9-7-8(10)14-6-2-4(12)3(11)1-5(6)13-7/h1-2,7-8,13-14H/t7-,8+. The highest BCUT2D eigenvalue weighted by Gasteiger charge is 2.23. The van der Waals surface area contributed by atoms with Crippen molar-refractivity contribution in [3.63, 3.8) is 0 Å². The zero-order valence-electron chi connectivity index (χ0n) is 6.82. The molecular formula is C8H6Br2Cl2N2. The molecule has 76 valence electrons. The maximum atomic E-state index is 5.90. The number of benzene rings is 1. The number of rotatable bonds is 0. The molecule has 2 atom stereocenters. The van der Waals surface area contributed by atoms with Gasteiger partial charge in [-0.3, -0.25) is 0 Å². The zero-order chi connectivity index (χ0) is 10.3. The molecule has 0 saturated heterocycles. The van der Waals surface area contributed by atoms with E-state index in [-0.39, 0.29) is 9.90 Å². The largest absolute Gasteiger partial charge is 0.369 e. The Balaban J connectivity index is 2.42. The molecular weight excluding hydrogens is 355 g/mol. The summed E-state index contributed by atoms with van der Waals surface area (Å²) in [4.78, 5) is 0.236. The van der Waals surface area contributed by atoms with E-state index in [9.17, 15) is 0 Å². The molecule has 0 fully saturated rings. The molecule has 14 heavy (non-hydrogen) atoms. The minimum absolute atomic E-state index is 0.118. The summed E-state index contributed by atoms with van der Waals surface area (Å²) in [6.45, 7) is 0. The van der Waals surface area contributed by atoms with E-state index < -0.39 is 0 Å². The molecule has 0 aromatic heterocycles. The Hall–Kier alpha value is 0.360. The number of hydrogen-bond donors (Lipinski definition) is 2. The van der Waals surface area contributed by atoms with Crippen molar-refractivity contribution in [2.24, 2.45) is 0 Å². The molecule has 2 rings (SSSR count). The maximum absolute atomic E-state index is 5.90. The predicted molar refractivity (Wildman–Crippen MR) is 69.1 cm³/mol. The second kappa shape index (κ2) is 4.08. The quantitative estimate of drug-likeness (QED) is 0.533. The van der Waals surface area contributed by atoms with Gasteiger partial charge in [-0.05, 0) is 12.1 Å². The summed E-state index contributed by atoms with van der Waals surface area (Å²) in [6.07, 6.45) is 0. The van der Waals surface area contributed by atoms with Crippen LogP contribution in [0.25, 0.3) is 0 Å². The van der Waals surface area contributed by atoms with Gasteiger partial charge in [0.2, 0.25) is 0 Å². The fourth-order valence-electron chi connectivity index (χ4n) is 1.23. The van der Waals surface area contributed by atoms with Crippen molar-refractivity contribution in [3.8, 4) is 0 Å². The normalized spacial score (nSPS) is 24.9. The predicted octanol–water partition coefficient (Wildman–Crippen LogP) is 4.27. The molecule has 2 N–H and O–H groups in total. The second-order valence-electron chi connectivity index (χ2n) is 2.90. The lowest BCUT2D eigenvalue weighted by Crippen LogP contribution is -2.34. The Labute approximate surface area is 109 Å². The van der Waals surface area contributed by atoms with Crippen molar-refractivity contribution in [1.82, 2.24) is 0 Å². The molecule has 1 aliphatic heterocycles. The van der Waals surface area contributed by atoms with E-state index in [1.807, 2.05) is 0 Å². The topological polar surface area (TPSA) is 24.1 Å². The van der Waals surface area contributed by atoms with Crippen LogP contribution < -0.4 is 10.6 Å². The van der Waals surface area contributed by atoms with Gasteiger partial charge in [-0.1, -0.05) is 55.1 Å². The molecule has 1 aromatic carbocycles. The number of alkyl halides is 2. The highest BCUT2D eigenvalue weighted by atomic mass is 79.9. The molecule has 0 saturated carbocycles. The molecule has 0 bridgehead atoms. The SMILES string of the molecule is Clc1cc2c(cc1Cl)N[C@H](Br)[C@H](Br)N2. The van der Waals surface area contributed by atoms with Crippen molar-refractivity contribution in [2.45, 2.75) is 9.90 Å². The molecule has 0 radical (unpaired) electrons. The maximum Gasteiger partial charge on any atom is 0.112 e. The van der Waals surface area contributed by atoms with Gasteiger partial charge in [-0.25, -0.2) is 0 Å². The number of anilines is 2. The van der Waals surface area contributed by atoms with E-state index >= 15 is 0 Å². The minimum Gasteiger partial charge on any atom is -0.369 e. The first kappa shape index (κ1) is 10.9. The number of nitrogens with one attached hydrogen (secondary N) is 2. The smallest absolute Gasteiger partial charge is 0.112 e. The van der Waals surface area contributed by atoms with Crippen LogP contribution in [0.2, 0.25) is 10.0 Å². The third-order valence-electron chi connectivity index (χ3n) is 1.90. The van der Waals surface area contributed by atoms with E-state index in [0.717, 1.165) is 11.4 Å². The van der Waals surface area contributed by atoms with E-state index in [0.29, 0.717) is 10.0 Å². The molecule has 0 spiro atoms. The molecule has 6 heteroatoms. The molecule has 1 heterocycles. The van der Waals surface area contributed by atoms with Gasteiger partial charge in [-0.2, -0.15) is 0 Å². The Bertz CT molecular complexity index is 338. The zero-order valence-corrected chi connectivity index (χ0v) is 11.5. The van der Waals surface area contributed by atoms with Gasteiger partial charge in [0.1, 0.15) is 9.90 Å². The first-order valence-electron chi connectivity index (χ1n) is 3.88. The van der Waals surface area contributed by atoms with Crippen molar-refractivity contribution in [2.75, 3.05) is 10.6 Å². The van der Waals surface area contributed by atoms with Crippen LogP contribution in [0.4, 0.5) is 11.4 Å². The fraction of sp³-hybridized carbons (Fsp3) is 0.250. The van der Waals surface area contributed by atoms with Crippen LogP contribution in [0.15, 0.2) is 12.1 Å². The Morgan fingerprint density at radius 2 is 1.29 bits per heavy atom. The summed E-state index contributed by atoms with van der Waals surface area (Å²) in [5, 5.41) is 7.58. The summed E-state index contributed by atoms with van der Waals surface area (Å²) in [5.74, 6) is 0. The third-order valence-corrected chi connectivity index (χ3v) is 4.85. The van der Waals surface area contributed by atoms with Crippen LogP contribution in [0, 0.1) is 0 Å². The summed E-state index contributed by atoms with van der Waals surface area (Å²) in [5.41, 5.74) is 1.88. The van der Waals surface area contributed by atoms with Gasteiger partial charge < -0.3 is 10.6 Å². The van der Waals surface area contributed by atoms with Crippen LogP contribution in [0.3, 0.4) is 0 Å². The van der Waals surface area contributed by atoms with Gasteiger partial charge in [0.15, 0.2) is 0 Å². The third kappa shape index (κ3) is 1.98. The van der Waals surface area contributed by atoms with Crippen LogP contribution in [-0.2, 0) is 0 Å². The Morgan fingerprint density at radius 3 is 1.64 bits per heavy atom. The minimum atomic E-state index is 0.118. The lowest BCUT2D eigenvalue weighted by Gasteiger charge is -2.29. The molecule has 2 nitrogen and oxygen atoms in total. The molecule has 0 unspecified atom stereocenters. The molecule has 1 aliphatic rings. The highest BCUT2D eigenvalue weighted by Crippen LogP contribution is 2.37. The van der Waals surface area contributed by atoms with Crippen LogP contribution in [0.1, 0.15) is 0 Å². The fourth-order valence-corrected chi connectivity index (χ4v) is 2.31. The average molecular weight is 361 g/mol. The van der Waals surface area contributed by atoms with Gasteiger partial charge in [0, 0.05) is 0 Å². The first-order valence-corrected chi connectivity index (χ1v) is 6.47. The van der Waals surface area contributed by atoms with Crippen molar-refractivity contribution >= 4 is 66.4 Å². The first-order chi connectivity index (χ1) is 6.58. The Morgan fingerprint density at radius 1 is 0.929 bits per heavy atom. The van der Waals surface area contributed by atoms with Gasteiger partial charge in [0.05, 0.1) is 21.4 Å². The summed E-state index contributed by atoms with van der Waals surface area (Å²) in [7, 11) is 0. The van der Waals surface area contributed by atoms with Crippen molar-refractivity contribution in [1.29, 1.82) is 0 Å². The molecule has 0 amide bonds. The summed E-state index contributed by atoms with van der Waals surface area (Å²) in [6, 6.07) is 3.61. The van der Waals surface area contributed by atoms with Crippen molar-refractivity contribution in [3.05, 3.63) is 22.2 Å². The number of halogens is 4. The number of fused-ring (bicyclic) bond motifs is 1. The second-order valence-corrected chi connectivity index (χ2v) is 5.69. The van der Waals surface area contributed by atoms with E-state index in [2.05, 4.69) is 42.5 Å². The molecule has 0 aliphatic carbocycles. The molecule has 1 aromatic rings. The lowest BCUT2D eigenvalue weighted by atomic mass is 10.2. The van der Waals surface area contributed by atoms with Gasteiger partial charge in [0.25, 0.3) is 0 Å². The Kier molecular flexibility index (Phi) is 3.17. The van der Waals surface area contributed by atoms with Gasteiger partial charge >= 0.3 is 0 Å². The number of hydrogen-bond acceptors (Lipinski definition) is 2. The summed E-state index contributed by atoms with van der Waals surface area (Å²) >= 11 is 18.7. The highest BCUT2D eigenvalue weighted by molar-refractivity contribution is 9.12. The van der Waals surface area contributed by atoms with E-state index in [4.69, 9.17) is 23.2 Å². The summed E-state index contributed by atoms with van der Waals surface area (Å²) < 4.78 is 0. The monoisotopic (exact) mass is 358 g/mol. The van der Waals surface area contributed by atoms with Gasteiger partial charge in [-0.15, -0.1) is 0 Å². The lowest BCUT2D eigenvalue weighted by molar-refractivity contribution is 0.955. The van der Waals surface area contributed by atoms with E-state index in [1.165, 1.54) is 0 Å². The van der Waals surface area contributed by atoms with E-state index in [1.54, 1.807) is 12.1 Å². The van der Waals surface area contributed by atoms with Crippen LogP contribution >= 0.6 is 55.1 Å². The van der Waals surface area contributed by atoms with Crippen molar-refractivity contribution < 1.29 is 0 Å². The average Bonchev–Trinajstić information content (AvgIpc) is 2.11. The van der Waals surface area contributed by atoms with Crippen LogP contribution in [0.5, 0.6) is 0 Å².